The summed E-state index contributed by atoms with van der Waals surface area (Å²) in [5.41, 5.74) is 0.790. The maximum atomic E-state index is 13.4. The molecule has 0 bridgehead atoms. The largest absolute Gasteiger partial charge is 0.492 e. The van der Waals surface area contributed by atoms with E-state index in [0.717, 1.165) is 17.7 Å². The summed E-state index contributed by atoms with van der Waals surface area (Å²) in [6.45, 7) is 1.83. The summed E-state index contributed by atoms with van der Waals surface area (Å²) in [6.07, 6.45) is -0.758. The first-order chi connectivity index (χ1) is 16.7. The highest BCUT2D eigenvalue weighted by Gasteiger charge is 2.19. The van der Waals surface area contributed by atoms with Crippen LogP contribution in [0, 0.1) is 11.6 Å². The van der Waals surface area contributed by atoms with Crippen LogP contribution in [0.3, 0.4) is 0 Å². The molecule has 1 aromatic heterocycles. The fourth-order valence-electron chi connectivity index (χ4n) is 2.82. The van der Waals surface area contributed by atoms with E-state index in [0.29, 0.717) is 6.42 Å². The van der Waals surface area contributed by atoms with E-state index in [1.807, 2.05) is 16.8 Å². The van der Waals surface area contributed by atoms with Gasteiger partial charge in [-0.2, -0.15) is 19.8 Å². The van der Waals surface area contributed by atoms with Crippen LogP contribution < -0.4 is 19.5 Å². The number of thiophene rings is 1. The highest BCUT2D eigenvalue weighted by molar-refractivity contribution is 7.91. The van der Waals surface area contributed by atoms with Gasteiger partial charge in [0.1, 0.15) is 5.75 Å². The topological polar surface area (TPSA) is 123 Å². The van der Waals surface area contributed by atoms with Crippen LogP contribution in [0.4, 0.5) is 25.0 Å². The summed E-state index contributed by atoms with van der Waals surface area (Å²) < 4.78 is 65.5. The predicted molar refractivity (Wildman–Crippen MR) is 127 cm³/mol. The SMILES string of the molecule is CCOc1ccc(C(=O)Nc2ccc(F)c(F)c2)cc1NS(=O)(=O)NC(=O)OCCc1ccsc1. The summed E-state index contributed by atoms with van der Waals surface area (Å²) in [4.78, 5) is 24.5. The highest BCUT2D eigenvalue weighted by atomic mass is 32.2. The molecule has 0 aliphatic heterocycles. The average Bonchev–Trinajstić information content (AvgIpc) is 3.30. The van der Waals surface area contributed by atoms with Gasteiger partial charge in [-0.1, -0.05) is 0 Å². The van der Waals surface area contributed by atoms with Crippen LogP contribution in [0.15, 0.2) is 53.2 Å². The van der Waals surface area contributed by atoms with Gasteiger partial charge in [-0.05, 0) is 59.6 Å². The van der Waals surface area contributed by atoms with Crippen LogP contribution in [0.5, 0.6) is 5.75 Å². The molecule has 2 aromatic carbocycles. The normalized spacial score (nSPS) is 10.9. The number of rotatable bonds is 10. The van der Waals surface area contributed by atoms with E-state index in [-0.39, 0.29) is 35.9 Å². The van der Waals surface area contributed by atoms with Crippen LogP contribution in [0.25, 0.3) is 0 Å². The number of carbonyl (C=O) groups excluding carboxylic acids is 2. The zero-order valence-electron chi connectivity index (χ0n) is 18.3. The summed E-state index contributed by atoms with van der Waals surface area (Å²) in [7, 11) is -4.45. The quantitative estimate of drug-likeness (QED) is 0.363. The van der Waals surface area contributed by atoms with Crippen molar-refractivity contribution in [3.8, 4) is 5.75 Å². The molecule has 0 fully saturated rings. The van der Waals surface area contributed by atoms with E-state index < -0.39 is 33.8 Å². The van der Waals surface area contributed by atoms with Crippen molar-refractivity contribution in [2.45, 2.75) is 13.3 Å². The third kappa shape index (κ3) is 7.65. The molecule has 0 aliphatic carbocycles. The Labute approximate surface area is 204 Å². The zero-order chi connectivity index (χ0) is 25.4. The molecular weight excluding hydrogens is 504 g/mol. The molecule has 3 N–H and O–H groups in total. The lowest BCUT2D eigenvalue weighted by atomic mass is 10.1. The number of hydrogen-bond donors (Lipinski definition) is 3. The first kappa shape index (κ1) is 25.9. The number of hydrogen-bond acceptors (Lipinski definition) is 7. The van der Waals surface area contributed by atoms with Gasteiger partial charge in [0.2, 0.25) is 0 Å². The molecule has 0 saturated heterocycles. The molecule has 0 aliphatic rings. The smallest absolute Gasteiger partial charge is 0.422 e. The van der Waals surface area contributed by atoms with Crippen molar-refractivity contribution in [1.29, 1.82) is 0 Å². The number of amides is 2. The monoisotopic (exact) mass is 525 g/mol. The first-order valence-corrected chi connectivity index (χ1v) is 12.6. The molecule has 0 spiro atoms. The minimum Gasteiger partial charge on any atom is -0.492 e. The number of nitrogens with one attached hydrogen (secondary N) is 3. The van der Waals surface area contributed by atoms with Crippen LogP contribution in [0.2, 0.25) is 0 Å². The summed E-state index contributed by atoms with van der Waals surface area (Å²) in [6, 6.07) is 8.55. The standard InChI is InChI=1S/C22H21F2N3O6S2/c1-2-32-20-6-3-15(21(28)25-16-4-5-17(23)18(24)12-16)11-19(20)26-35(30,31)27-22(29)33-9-7-14-8-10-34-13-14/h3-6,8,10-13,26H,2,7,9H2,1H3,(H,25,28)(H,27,29). The Bertz CT molecular complexity index is 1300. The van der Waals surface area contributed by atoms with Crippen molar-refractivity contribution in [2.75, 3.05) is 23.3 Å². The lowest BCUT2D eigenvalue weighted by Crippen LogP contribution is -2.36. The van der Waals surface area contributed by atoms with E-state index in [1.165, 1.54) is 35.6 Å². The van der Waals surface area contributed by atoms with E-state index in [2.05, 4.69) is 10.0 Å². The molecule has 3 aromatic rings. The molecule has 1 heterocycles. The van der Waals surface area contributed by atoms with Crippen molar-refractivity contribution in [3.63, 3.8) is 0 Å². The van der Waals surface area contributed by atoms with Crippen molar-refractivity contribution < 1.29 is 36.3 Å². The molecule has 0 radical (unpaired) electrons. The highest BCUT2D eigenvalue weighted by Crippen LogP contribution is 2.27. The molecule has 13 heteroatoms. The van der Waals surface area contributed by atoms with Crippen LogP contribution in [0.1, 0.15) is 22.8 Å². The number of ether oxygens (including phenoxy) is 2. The third-order valence-electron chi connectivity index (χ3n) is 4.39. The molecule has 3 rings (SSSR count). The minimum atomic E-state index is -4.45. The molecule has 0 unspecified atom stereocenters. The van der Waals surface area contributed by atoms with Gasteiger partial charge in [0.15, 0.2) is 11.6 Å². The van der Waals surface area contributed by atoms with Crippen LogP contribution in [-0.2, 0) is 21.4 Å². The Balaban J connectivity index is 1.68. The minimum absolute atomic E-state index is 0.00298. The Kier molecular flexibility index (Phi) is 8.60. The zero-order valence-corrected chi connectivity index (χ0v) is 20.0. The molecule has 9 nitrogen and oxygen atoms in total. The maximum absolute atomic E-state index is 13.4. The average molecular weight is 526 g/mol. The Hall–Kier alpha value is -3.71. The number of halogens is 2. The second-order valence-corrected chi connectivity index (χ2v) is 9.15. The Morgan fingerprint density at radius 2 is 1.86 bits per heavy atom. The van der Waals surface area contributed by atoms with Gasteiger partial charge < -0.3 is 14.8 Å². The molecular formula is C22H21F2N3O6S2. The van der Waals surface area contributed by atoms with Crippen molar-refractivity contribution in [1.82, 2.24) is 4.72 Å². The van der Waals surface area contributed by atoms with E-state index in [9.17, 15) is 26.8 Å². The molecule has 0 saturated carbocycles. The van der Waals surface area contributed by atoms with Gasteiger partial charge in [-0.3, -0.25) is 9.52 Å². The Morgan fingerprint density at radius 3 is 2.54 bits per heavy atom. The van der Waals surface area contributed by atoms with Crippen LogP contribution in [-0.4, -0.2) is 33.6 Å². The first-order valence-electron chi connectivity index (χ1n) is 10.2. The van der Waals surface area contributed by atoms with Gasteiger partial charge in [0, 0.05) is 23.7 Å². The lowest BCUT2D eigenvalue weighted by molar-refractivity contribution is 0.102. The van der Waals surface area contributed by atoms with Crippen molar-refractivity contribution in [2.24, 2.45) is 0 Å². The van der Waals surface area contributed by atoms with Gasteiger partial charge >= 0.3 is 16.3 Å². The summed E-state index contributed by atoms with van der Waals surface area (Å²) in [5.74, 6) is -2.84. The molecule has 186 valence electrons. The van der Waals surface area contributed by atoms with Crippen molar-refractivity contribution >= 4 is 44.9 Å². The third-order valence-corrected chi connectivity index (χ3v) is 6.04. The fraction of sp³-hybridized carbons (Fsp3) is 0.182. The maximum Gasteiger partial charge on any atom is 0.422 e. The number of carbonyl (C=O) groups is 2. The Morgan fingerprint density at radius 1 is 1.06 bits per heavy atom. The van der Waals surface area contributed by atoms with Gasteiger partial charge in [0.05, 0.1) is 18.9 Å². The van der Waals surface area contributed by atoms with E-state index in [1.54, 1.807) is 11.6 Å². The van der Waals surface area contributed by atoms with Gasteiger partial charge in [0.25, 0.3) is 5.91 Å². The molecule has 0 atom stereocenters. The van der Waals surface area contributed by atoms with E-state index >= 15 is 0 Å². The molecule has 35 heavy (non-hydrogen) atoms. The molecule has 2 amide bonds. The summed E-state index contributed by atoms with van der Waals surface area (Å²) in [5, 5.41) is 6.13. The second-order valence-electron chi connectivity index (χ2n) is 6.95. The second kappa shape index (κ2) is 11.6. The number of anilines is 2. The van der Waals surface area contributed by atoms with Gasteiger partial charge in [-0.15, -0.1) is 0 Å². The predicted octanol–water partition coefficient (Wildman–Crippen LogP) is 4.30. The summed E-state index contributed by atoms with van der Waals surface area (Å²) >= 11 is 1.49. The van der Waals surface area contributed by atoms with Crippen molar-refractivity contribution in [3.05, 3.63) is 76.0 Å². The number of benzene rings is 2. The van der Waals surface area contributed by atoms with E-state index in [4.69, 9.17) is 9.47 Å². The van der Waals surface area contributed by atoms with Crippen LogP contribution >= 0.6 is 11.3 Å². The fourth-order valence-corrected chi connectivity index (χ4v) is 4.30. The van der Waals surface area contributed by atoms with Gasteiger partial charge in [-0.25, -0.2) is 18.3 Å². The lowest BCUT2D eigenvalue weighted by Gasteiger charge is -2.15.